The van der Waals surface area contributed by atoms with E-state index in [-0.39, 0.29) is 17.6 Å². The molecule has 2 atom stereocenters. The Morgan fingerprint density at radius 2 is 1.79 bits per heavy atom. The first kappa shape index (κ1) is 11.7. The molecule has 2 aromatic rings. The number of hydrogen-bond acceptors (Lipinski definition) is 1. The zero-order valence-corrected chi connectivity index (χ0v) is 11.7. The molecule has 4 rings (SSSR count). The molecule has 0 bridgehead atoms. The van der Waals surface area contributed by atoms with Gasteiger partial charge >= 0.3 is 0 Å². The lowest BCUT2D eigenvalue weighted by atomic mass is 9.76. The van der Waals surface area contributed by atoms with E-state index in [1.165, 1.54) is 16.3 Å². The van der Waals surface area contributed by atoms with Gasteiger partial charge < -0.3 is 0 Å². The molecule has 2 unspecified atom stereocenters. The summed E-state index contributed by atoms with van der Waals surface area (Å²) in [6, 6.07) is 12.5. The van der Waals surface area contributed by atoms with E-state index in [0.29, 0.717) is 6.42 Å². The average molecular weight is 291 g/mol. The number of Topliss-reactive ketones (excluding diaryl/α,β-unsaturated/α-hetero) is 1. The molecule has 2 aliphatic carbocycles. The highest BCUT2D eigenvalue weighted by Gasteiger charge is 2.55. The van der Waals surface area contributed by atoms with E-state index in [4.69, 9.17) is 23.2 Å². The van der Waals surface area contributed by atoms with Crippen LogP contribution in [0.4, 0.5) is 0 Å². The molecule has 2 aliphatic rings. The zero-order valence-electron chi connectivity index (χ0n) is 10.2. The van der Waals surface area contributed by atoms with Crippen LogP contribution in [-0.4, -0.2) is 10.1 Å². The quantitative estimate of drug-likeness (QED) is 0.663. The van der Waals surface area contributed by atoms with Crippen molar-refractivity contribution in [3.05, 3.63) is 47.5 Å². The van der Waals surface area contributed by atoms with Crippen molar-refractivity contribution in [3.63, 3.8) is 0 Å². The van der Waals surface area contributed by atoms with Crippen LogP contribution in [0.1, 0.15) is 23.5 Å². The van der Waals surface area contributed by atoms with Gasteiger partial charge in [-0.25, -0.2) is 0 Å². The second-order valence-corrected chi connectivity index (χ2v) is 6.94. The van der Waals surface area contributed by atoms with Crippen LogP contribution in [-0.2, 0) is 11.2 Å². The largest absolute Gasteiger partial charge is 0.296 e. The lowest BCUT2D eigenvalue weighted by Gasteiger charge is -2.32. The van der Waals surface area contributed by atoms with Crippen molar-refractivity contribution >= 4 is 39.8 Å². The maximum atomic E-state index is 12.1. The maximum absolute atomic E-state index is 12.1. The summed E-state index contributed by atoms with van der Waals surface area (Å²) in [7, 11) is 0. The number of rotatable bonds is 0. The van der Waals surface area contributed by atoms with Crippen LogP contribution in [0.2, 0.25) is 0 Å². The first-order valence-electron chi connectivity index (χ1n) is 6.50. The standard InChI is InChI=1S/C16H12Cl2O/c17-16(18)13(19)8-11-7-10-5-1-3-9-4-2-6-12(14(9)10)15(11)16/h1-6,11,15H,7-8H2. The molecule has 19 heavy (non-hydrogen) atoms. The van der Waals surface area contributed by atoms with Gasteiger partial charge in [-0.3, -0.25) is 4.79 Å². The molecule has 0 aromatic heterocycles. The summed E-state index contributed by atoms with van der Waals surface area (Å²) in [5.74, 6) is 0.139. The Bertz CT molecular complexity index is 700. The van der Waals surface area contributed by atoms with Crippen molar-refractivity contribution in [1.82, 2.24) is 0 Å². The van der Waals surface area contributed by atoms with Crippen LogP contribution in [0.3, 0.4) is 0 Å². The van der Waals surface area contributed by atoms with Crippen LogP contribution in [0.5, 0.6) is 0 Å². The number of halogens is 2. The highest BCUT2D eigenvalue weighted by atomic mass is 35.5. The van der Waals surface area contributed by atoms with E-state index in [9.17, 15) is 4.79 Å². The monoisotopic (exact) mass is 290 g/mol. The minimum absolute atomic E-state index is 0.0318. The first-order valence-corrected chi connectivity index (χ1v) is 7.26. The van der Waals surface area contributed by atoms with Gasteiger partial charge in [0, 0.05) is 12.3 Å². The third kappa shape index (κ3) is 1.46. The molecule has 1 saturated carbocycles. The van der Waals surface area contributed by atoms with Gasteiger partial charge in [-0.1, -0.05) is 59.6 Å². The van der Waals surface area contributed by atoms with Gasteiger partial charge in [-0.15, -0.1) is 0 Å². The topological polar surface area (TPSA) is 17.1 Å². The van der Waals surface area contributed by atoms with Crippen molar-refractivity contribution in [3.8, 4) is 0 Å². The summed E-state index contributed by atoms with van der Waals surface area (Å²) < 4.78 is -1.26. The minimum atomic E-state index is -1.26. The van der Waals surface area contributed by atoms with Crippen molar-refractivity contribution < 1.29 is 4.79 Å². The molecule has 0 aliphatic heterocycles. The first-order chi connectivity index (χ1) is 9.09. The molecular weight excluding hydrogens is 279 g/mol. The Morgan fingerprint density at radius 3 is 2.58 bits per heavy atom. The molecule has 0 heterocycles. The molecule has 0 saturated heterocycles. The Balaban J connectivity index is 2.05. The van der Waals surface area contributed by atoms with Gasteiger partial charge in [0.25, 0.3) is 0 Å². The van der Waals surface area contributed by atoms with Crippen molar-refractivity contribution in [2.45, 2.75) is 23.1 Å². The Hall–Kier alpha value is -1.05. The predicted molar refractivity (Wildman–Crippen MR) is 77.9 cm³/mol. The minimum Gasteiger partial charge on any atom is -0.296 e. The number of benzene rings is 2. The van der Waals surface area contributed by atoms with E-state index >= 15 is 0 Å². The Morgan fingerprint density at radius 1 is 1.05 bits per heavy atom. The van der Waals surface area contributed by atoms with Crippen molar-refractivity contribution in [1.29, 1.82) is 0 Å². The normalized spacial score (nSPS) is 27.6. The van der Waals surface area contributed by atoms with Gasteiger partial charge in [0.05, 0.1) is 0 Å². The highest BCUT2D eigenvalue weighted by molar-refractivity contribution is 6.59. The van der Waals surface area contributed by atoms with E-state index in [1.807, 2.05) is 6.07 Å². The average Bonchev–Trinajstić information content (AvgIpc) is 2.61. The summed E-state index contributed by atoms with van der Waals surface area (Å²) in [4.78, 5) is 12.1. The van der Waals surface area contributed by atoms with Crippen LogP contribution in [0.15, 0.2) is 36.4 Å². The van der Waals surface area contributed by atoms with Gasteiger partial charge in [-0.2, -0.15) is 0 Å². The summed E-state index contributed by atoms with van der Waals surface area (Å²) in [6.45, 7) is 0. The number of carbonyl (C=O) groups is 1. The predicted octanol–water partition coefficient (Wildman–Crippen LogP) is 4.24. The van der Waals surface area contributed by atoms with Gasteiger partial charge in [0.2, 0.25) is 0 Å². The summed E-state index contributed by atoms with van der Waals surface area (Å²) in [6.07, 6.45) is 1.38. The van der Waals surface area contributed by atoms with Gasteiger partial charge in [-0.05, 0) is 34.2 Å². The maximum Gasteiger partial charge on any atom is 0.182 e. The van der Waals surface area contributed by atoms with Crippen molar-refractivity contribution in [2.75, 3.05) is 0 Å². The zero-order chi connectivity index (χ0) is 13.2. The Labute approximate surface area is 121 Å². The molecule has 2 aromatic carbocycles. The lowest BCUT2D eigenvalue weighted by molar-refractivity contribution is -0.118. The molecule has 0 N–H and O–H groups in total. The fraction of sp³-hybridized carbons (Fsp3) is 0.312. The second-order valence-electron chi connectivity index (χ2n) is 5.55. The molecule has 0 amide bonds. The highest BCUT2D eigenvalue weighted by Crippen LogP contribution is 2.56. The number of carbonyl (C=O) groups excluding carboxylic acids is 1. The van der Waals surface area contributed by atoms with E-state index in [0.717, 1.165) is 12.0 Å². The van der Waals surface area contributed by atoms with E-state index in [1.54, 1.807) is 0 Å². The van der Waals surface area contributed by atoms with E-state index < -0.39 is 4.33 Å². The van der Waals surface area contributed by atoms with Gasteiger partial charge in [0.15, 0.2) is 10.1 Å². The summed E-state index contributed by atoms with van der Waals surface area (Å²) in [5.41, 5.74) is 2.45. The van der Waals surface area contributed by atoms with Crippen LogP contribution >= 0.6 is 23.2 Å². The lowest BCUT2D eigenvalue weighted by Crippen LogP contribution is -2.29. The smallest absolute Gasteiger partial charge is 0.182 e. The molecule has 0 spiro atoms. The number of fused-ring (bicyclic) bond motifs is 2. The molecule has 1 fully saturated rings. The van der Waals surface area contributed by atoms with Crippen molar-refractivity contribution in [2.24, 2.45) is 5.92 Å². The molecule has 0 radical (unpaired) electrons. The molecule has 96 valence electrons. The number of alkyl halides is 2. The van der Waals surface area contributed by atoms with Crippen LogP contribution < -0.4 is 0 Å². The van der Waals surface area contributed by atoms with Crippen LogP contribution in [0.25, 0.3) is 10.8 Å². The van der Waals surface area contributed by atoms with Crippen LogP contribution in [0, 0.1) is 5.92 Å². The fourth-order valence-electron chi connectivity index (χ4n) is 3.76. The number of hydrogen-bond donors (Lipinski definition) is 0. The fourth-order valence-corrected chi connectivity index (χ4v) is 4.51. The van der Waals surface area contributed by atoms with E-state index in [2.05, 4.69) is 30.3 Å². The third-order valence-electron chi connectivity index (χ3n) is 4.52. The summed E-state index contributed by atoms with van der Waals surface area (Å²) in [5, 5.41) is 2.45. The number of ketones is 1. The van der Waals surface area contributed by atoms with Gasteiger partial charge in [0.1, 0.15) is 0 Å². The summed E-state index contributed by atoms with van der Waals surface area (Å²) >= 11 is 12.7. The molecule has 3 heteroatoms. The SMILES string of the molecule is O=C1CC2Cc3cccc4cccc(c34)C2C1(Cl)Cl. The third-order valence-corrected chi connectivity index (χ3v) is 5.41. The molecule has 1 nitrogen and oxygen atoms in total. The second kappa shape index (κ2) is 3.74. The Kier molecular flexibility index (Phi) is 2.31. The molecular formula is C16H12Cl2O.